The molecule has 0 fully saturated rings. The van der Waals surface area contributed by atoms with Crippen molar-refractivity contribution in [3.63, 3.8) is 0 Å². The van der Waals surface area contributed by atoms with Gasteiger partial charge >= 0.3 is 0 Å². The Bertz CT molecular complexity index is 460. The van der Waals surface area contributed by atoms with Crippen LogP contribution in [0.15, 0.2) is 30.9 Å². The van der Waals surface area contributed by atoms with Crippen molar-refractivity contribution in [1.29, 1.82) is 0 Å². The molecule has 5 heteroatoms. The quantitative estimate of drug-likeness (QED) is 0.577. The summed E-state index contributed by atoms with van der Waals surface area (Å²) in [4.78, 5) is 13.6. The van der Waals surface area contributed by atoms with Gasteiger partial charge in [-0.15, -0.1) is 6.58 Å². The lowest BCUT2D eigenvalue weighted by Gasteiger charge is -2.20. The third kappa shape index (κ3) is 4.28. The smallest absolute Gasteiger partial charge is 0.236 e. The van der Waals surface area contributed by atoms with Gasteiger partial charge in [-0.1, -0.05) is 18.2 Å². The van der Waals surface area contributed by atoms with Gasteiger partial charge in [0.2, 0.25) is 5.91 Å². The summed E-state index contributed by atoms with van der Waals surface area (Å²) in [6, 6.07) is 5.63. The largest absolute Gasteiger partial charge is 0.493 e. The Morgan fingerprint density at radius 3 is 2.75 bits per heavy atom. The highest BCUT2D eigenvalue weighted by molar-refractivity contribution is 5.78. The van der Waals surface area contributed by atoms with E-state index in [-0.39, 0.29) is 12.5 Å². The van der Waals surface area contributed by atoms with Gasteiger partial charge in [-0.05, 0) is 6.07 Å². The van der Waals surface area contributed by atoms with Crippen LogP contribution in [0.5, 0.6) is 11.5 Å². The lowest BCUT2D eigenvalue weighted by molar-refractivity contribution is -0.129. The maximum Gasteiger partial charge on any atom is 0.236 e. The van der Waals surface area contributed by atoms with Crippen molar-refractivity contribution in [3.8, 4) is 11.5 Å². The van der Waals surface area contributed by atoms with Crippen LogP contribution < -0.4 is 14.8 Å². The number of ether oxygens (including phenoxy) is 2. The van der Waals surface area contributed by atoms with Crippen LogP contribution in [0.2, 0.25) is 0 Å². The summed E-state index contributed by atoms with van der Waals surface area (Å²) >= 11 is 0. The third-order valence-corrected chi connectivity index (χ3v) is 2.88. The highest BCUT2D eigenvalue weighted by Gasteiger charge is 2.14. The Balaban J connectivity index is 2.72. The molecule has 1 amide bonds. The standard InChI is InChI=1S/C15H22N2O3/c1-5-9-16-10-14(18)17(2)11-12-7-6-8-13(19-3)15(12)20-4/h5-8,16H,1,9-11H2,2-4H3. The average Bonchev–Trinajstić information content (AvgIpc) is 2.46. The number of nitrogens with zero attached hydrogens (tertiary/aromatic N) is 1. The molecule has 1 N–H and O–H groups in total. The second-order valence-electron chi connectivity index (χ2n) is 4.32. The van der Waals surface area contributed by atoms with Crippen LogP contribution >= 0.6 is 0 Å². The summed E-state index contributed by atoms with van der Waals surface area (Å²) in [7, 11) is 4.95. The van der Waals surface area contributed by atoms with Crippen molar-refractivity contribution in [2.75, 3.05) is 34.4 Å². The summed E-state index contributed by atoms with van der Waals surface area (Å²) in [5.41, 5.74) is 0.909. The van der Waals surface area contributed by atoms with Crippen molar-refractivity contribution in [2.45, 2.75) is 6.54 Å². The molecule has 1 aromatic rings. The first kappa shape index (κ1) is 16.0. The fraction of sp³-hybridized carbons (Fsp3) is 0.400. The lowest BCUT2D eigenvalue weighted by Crippen LogP contribution is -2.35. The maximum absolute atomic E-state index is 11.9. The van der Waals surface area contributed by atoms with Crippen LogP contribution in [-0.2, 0) is 11.3 Å². The van der Waals surface area contributed by atoms with Gasteiger partial charge in [-0.2, -0.15) is 0 Å². The van der Waals surface area contributed by atoms with Crippen molar-refractivity contribution in [2.24, 2.45) is 0 Å². The molecule has 0 saturated carbocycles. The Labute approximate surface area is 120 Å². The van der Waals surface area contributed by atoms with E-state index >= 15 is 0 Å². The molecule has 0 saturated heterocycles. The second kappa shape index (κ2) is 8.22. The maximum atomic E-state index is 11.9. The van der Waals surface area contributed by atoms with E-state index in [4.69, 9.17) is 9.47 Å². The van der Waals surface area contributed by atoms with Gasteiger partial charge in [0, 0.05) is 25.7 Å². The number of likely N-dealkylation sites (N-methyl/N-ethyl adjacent to an activating group) is 1. The predicted octanol–water partition coefficient (Wildman–Crippen LogP) is 1.44. The first-order chi connectivity index (χ1) is 9.63. The molecule has 0 spiro atoms. The van der Waals surface area contributed by atoms with Gasteiger partial charge in [0.15, 0.2) is 11.5 Å². The fourth-order valence-electron chi connectivity index (χ4n) is 1.84. The number of benzene rings is 1. The van der Waals surface area contributed by atoms with Gasteiger partial charge in [0.05, 0.1) is 20.8 Å². The van der Waals surface area contributed by atoms with Gasteiger partial charge in [-0.3, -0.25) is 4.79 Å². The van der Waals surface area contributed by atoms with E-state index in [2.05, 4.69) is 11.9 Å². The van der Waals surface area contributed by atoms with E-state index in [1.54, 1.807) is 32.2 Å². The summed E-state index contributed by atoms with van der Waals surface area (Å²) in [6.07, 6.45) is 1.72. The highest BCUT2D eigenvalue weighted by Crippen LogP contribution is 2.31. The van der Waals surface area contributed by atoms with Gasteiger partial charge in [-0.25, -0.2) is 0 Å². The monoisotopic (exact) mass is 278 g/mol. The van der Waals surface area contributed by atoms with Crippen molar-refractivity contribution >= 4 is 5.91 Å². The molecule has 1 aromatic carbocycles. The number of nitrogens with one attached hydrogen (secondary N) is 1. The van der Waals surface area contributed by atoms with Crippen molar-refractivity contribution in [1.82, 2.24) is 10.2 Å². The minimum absolute atomic E-state index is 0.0109. The Morgan fingerprint density at radius 1 is 1.40 bits per heavy atom. The molecular weight excluding hydrogens is 256 g/mol. The molecule has 0 bridgehead atoms. The van der Waals surface area contributed by atoms with E-state index < -0.39 is 0 Å². The Kier molecular flexibility index (Phi) is 6.59. The Hall–Kier alpha value is -2.01. The first-order valence-corrected chi connectivity index (χ1v) is 6.39. The Morgan fingerprint density at radius 2 is 2.15 bits per heavy atom. The molecule has 0 aliphatic heterocycles. The molecule has 0 radical (unpaired) electrons. The molecule has 0 aliphatic carbocycles. The van der Waals surface area contributed by atoms with Crippen LogP contribution in [-0.4, -0.2) is 45.2 Å². The van der Waals surface area contributed by atoms with E-state index in [1.807, 2.05) is 18.2 Å². The minimum atomic E-state index is 0.0109. The molecule has 0 aromatic heterocycles. The topological polar surface area (TPSA) is 50.8 Å². The van der Waals surface area contributed by atoms with Gasteiger partial charge in [0.25, 0.3) is 0 Å². The zero-order valence-electron chi connectivity index (χ0n) is 12.3. The molecule has 20 heavy (non-hydrogen) atoms. The lowest BCUT2D eigenvalue weighted by atomic mass is 10.1. The van der Waals surface area contributed by atoms with E-state index in [0.717, 1.165) is 5.56 Å². The molecule has 1 rings (SSSR count). The molecule has 110 valence electrons. The van der Waals surface area contributed by atoms with Crippen LogP contribution in [0.1, 0.15) is 5.56 Å². The van der Waals surface area contributed by atoms with Gasteiger partial charge < -0.3 is 19.7 Å². The fourth-order valence-corrected chi connectivity index (χ4v) is 1.84. The molecule has 0 unspecified atom stereocenters. The predicted molar refractivity (Wildman–Crippen MR) is 79.1 cm³/mol. The average molecular weight is 278 g/mol. The van der Waals surface area contributed by atoms with Crippen molar-refractivity contribution < 1.29 is 14.3 Å². The molecule has 5 nitrogen and oxygen atoms in total. The summed E-state index contributed by atoms with van der Waals surface area (Å²) in [5, 5.41) is 2.99. The zero-order chi connectivity index (χ0) is 15.0. The number of methoxy groups -OCH3 is 2. The van der Waals surface area contributed by atoms with Crippen LogP contribution in [0.25, 0.3) is 0 Å². The number of amides is 1. The number of hydrogen-bond acceptors (Lipinski definition) is 4. The second-order valence-corrected chi connectivity index (χ2v) is 4.32. The normalized spacial score (nSPS) is 9.95. The minimum Gasteiger partial charge on any atom is -0.493 e. The van der Waals surface area contributed by atoms with Gasteiger partial charge in [0.1, 0.15) is 0 Å². The number of hydrogen-bond donors (Lipinski definition) is 1. The van der Waals surface area contributed by atoms with E-state index in [0.29, 0.717) is 24.6 Å². The number of carbonyl (C=O) groups excluding carboxylic acids is 1. The number of rotatable bonds is 8. The third-order valence-electron chi connectivity index (χ3n) is 2.88. The van der Waals surface area contributed by atoms with Crippen LogP contribution in [0.3, 0.4) is 0 Å². The number of carbonyl (C=O) groups is 1. The molecule has 0 heterocycles. The molecule has 0 aliphatic rings. The molecule has 0 atom stereocenters. The van der Waals surface area contributed by atoms with Crippen molar-refractivity contribution in [3.05, 3.63) is 36.4 Å². The van der Waals surface area contributed by atoms with Crippen LogP contribution in [0, 0.1) is 0 Å². The van der Waals surface area contributed by atoms with E-state index in [9.17, 15) is 4.79 Å². The summed E-state index contributed by atoms with van der Waals surface area (Å²) in [6.45, 7) is 4.96. The highest BCUT2D eigenvalue weighted by atomic mass is 16.5. The SMILES string of the molecule is C=CCNCC(=O)N(C)Cc1cccc(OC)c1OC. The number of para-hydroxylation sites is 1. The zero-order valence-corrected chi connectivity index (χ0v) is 12.3. The summed E-state index contributed by atoms with van der Waals surface area (Å²) < 4.78 is 10.6. The summed E-state index contributed by atoms with van der Waals surface area (Å²) in [5.74, 6) is 1.33. The van der Waals surface area contributed by atoms with E-state index in [1.165, 1.54) is 0 Å². The van der Waals surface area contributed by atoms with Crippen LogP contribution in [0.4, 0.5) is 0 Å². The molecular formula is C15H22N2O3. The first-order valence-electron chi connectivity index (χ1n) is 6.39.